The predicted octanol–water partition coefficient (Wildman–Crippen LogP) is 3.66. The first-order valence-electron chi connectivity index (χ1n) is 8.27. The lowest BCUT2D eigenvalue weighted by atomic mass is 10.1. The molecule has 2 aromatic carbocycles. The van der Waals surface area contributed by atoms with E-state index in [0.717, 1.165) is 12.1 Å². The highest BCUT2D eigenvalue weighted by molar-refractivity contribution is 5.95. The van der Waals surface area contributed by atoms with Crippen LogP contribution in [0.25, 0.3) is 0 Å². The van der Waals surface area contributed by atoms with Crippen LogP contribution >= 0.6 is 0 Å². The summed E-state index contributed by atoms with van der Waals surface area (Å²) >= 11 is 0. The summed E-state index contributed by atoms with van der Waals surface area (Å²) in [7, 11) is 1.47. The molecule has 2 amide bonds. The molecular weight excluding hydrogens is 378 g/mol. The van der Waals surface area contributed by atoms with Crippen molar-refractivity contribution in [3.8, 4) is 0 Å². The van der Waals surface area contributed by atoms with Crippen molar-refractivity contribution in [2.75, 3.05) is 30.8 Å². The van der Waals surface area contributed by atoms with Gasteiger partial charge in [-0.15, -0.1) is 0 Å². The highest BCUT2D eigenvalue weighted by Crippen LogP contribution is 2.34. The van der Waals surface area contributed by atoms with Crippen LogP contribution < -0.4 is 10.6 Å². The summed E-state index contributed by atoms with van der Waals surface area (Å²) in [6, 6.07) is 8.58. The van der Waals surface area contributed by atoms with Gasteiger partial charge in [0.1, 0.15) is 5.82 Å². The van der Waals surface area contributed by atoms with Crippen molar-refractivity contribution >= 4 is 23.2 Å². The molecule has 2 aromatic rings. The number of rotatable bonds is 6. The minimum Gasteiger partial charge on any atom is -0.325 e. The van der Waals surface area contributed by atoms with Crippen LogP contribution in [0, 0.1) is 12.7 Å². The Labute approximate surface area is 159 Å². The van der Waals surface area contributed by atoms with Crippen molar-refractivity contribution in [3.05, 3.63) is 59.4 Å². The molecule has 2 N–H and O–H groups in total. The first kappa shape index (κ1) is 21.4. The van der Waals surface area contributed by atoms with Gasteiger partial charge in [-0.05, 0) is 43.8 Å². The number of halogens is 4. The van der Waals surface area contributed by atoms with E-state index in [1.165, 1.54) is 42.3 Å². The molecule has 0 heterocycles. The minimum atomic E-state index is -4.60. The van der Waals surface area contributed by atoms with Gasteiger partial charge in [0.25, 0.3) is 0 Å². The van der Waals surface area contributed by atoms with Crippen LogP contribution in [-0.2, 0) is 15.8 Å². The first-order chi connectivity index (χ1) is 13.1. The van der Waals surface area contributed by atoms with Gasteiger partial charge in [0, 0.05) is 5.69 Å². The van der Waals surface area contributed by atoms with Crippen LogP contribution in [0.4, 0.5) is 28.9 Å². The van der Waals surface area contributed by atoms with E-state index in [2.05, 4.69) is 10.6 Å². The summed E-state index contributed by atoms with van der Waals surface area (Å²) in [4.78, 5) is 25.4. The number of carbonyl (C=O) groups excluding carboxylic acids is 2. The number of anilines is 2. The molecule has 0 spiro atoms. The summed E-state index contributed by atoms with van der Waals surface area (Å²) in [5, 5.41) is 4.74. The summed E-state index contributed by atoms with van der Waals surface area (Å²) in [5.41, 5.74) is -0.334. The maximum absolute atomic E-state index is 13.3. The Bertz CT molecular complexity index is 868. The number of likely N-dealkylation sites (N-methyl/N-ethyl adjacent to an activating group) is 1. The maximum atomic E-state index is 13.3. The molecule has 0 fully saturated rings. The largest absolute Gasteiger partial charge is 0.418 e. The van der Waals surface area contributed by atoms with Gasteiger partial charge in [-0.3, -0.25) is 14.5 Å². The third-order valence-electron chi connectivity index (χ3n) is 3.81. The smallest absolute Gasteiger partial charge is 0.325 e. The quantitative estimate of drug-likeness (QED) is 0.732. The van der Waals surface area contributed by atoms with Gasteiger partial charge in [0.05, 0.1) is 24.3 Å². The van der Waals surface area contributed by atoms with Gasteiger partial charge in [-0.2, -0.15) is 13.2 Å². The molecule has 28 heavy (non-hydrogen) atoms. The van der Waals surface area contributed by atoms with Crippen LogP contribution in [-0.4, -0.2) is 36.9 Å². The molecule has 0 unspecified atom stereocenters. The fourth-order valence-corrected chi connectivity index (χ4v) is 2.49. The third kappa shape index (κ3) is 6.05. The normalized spacial score (nSPS) is 11.4. The number of hydrogen-bond acceptors (Lipinski definition) is 3. The Morgan fingerprint density at radius 2 is 1.54 bits per heavy atom. The minimum absolute atomic E-state index is 0.204. The molecule has 0 bridgehead atoms. The number of para-hydroxylation sites is 1. The van der Waals surface area contributed by atoms with Crippen molar-refractivity contribution in [1.29, 1.82) is 0 Å². The van der Waals surface area contributed by atoms with Crippen molar-refractivity contribution < 1.29 is 27.2 Å². The second-order valence-corrected chi connectivity index (χ2v) is 6.27. The lowest BCUT2D eigenvalue weighted by Gasteiger charge is -2.18. The van der Waals surface area contributed by atoms with Gasteiger partial charge in [-0.25, -0.2) is 4.39 Å². The molecule has 0 aliphatic heterocycles. The fraction of sp³-hybridized carbons (Fsp3) is 0.263. The standard InChI is InChI=1S/C19H19F4N3O2/c1-12-7-8-13(20)9-16(12)25-18(28)11-26(2)10-17(27)24-15-6-4-3-5-14(15)19(21,22)23/h3-9H,10-11H2,1-2H3,(H,24,27)(H,25,28). The second kappa shape index (κ2) is 8.83. The highest BCUT2D eigenvalue weighted by atomic mass is 19.4. The molecule has 0 radical (unpaired) electrons. The predicted molar refractivity (Wildman–Crippen MR) is 97.3 cm³/mol. The molecule has 150 valence electrons. The molecule has 2 rings (SSSR count). The Balaban J connectivity index is 1.93. The monoisotopic (exact) mass is 397 g/mol. The lowest BCUT2D eigenvalue weighted by Crippen LogP contribution is -2.36. The lowest BCUT2D eigenvalue weighted by molar-refractivity contribution is -0.137. The molecular formula is C19H19F4N3O2. The summed E-state index contributed by atoms with van der Waals surface area (Å²) in [6.07, 6.45) is -4.60. The highest BCUT2D eigenvalue weighted by Gasteiger charge is 2.33. The van der Waals surface area contributed by atoms with E-state index in [9.17, 15) is 27.2 Å². The van der Waals surface area contributed by atoms with Crippen LogP contribution in [0.5, 0.6) is 0 Å². The maximum Gasteiger partial charge on any atom is 0.418 e. The third-order valence-corrected chi connectivity index (χ3v) is 3.81. The number of nitrogens with one attached hydrogen (secondary N) is 2. The SMILES string of the molecule is Cc1ccc(F)cc1NC(=O)CN(C)CC(=O)Nc1ccccc1C(F)(F)F. The van der Waals surface area contributed by atoms with E-state index < -0.39 is 29.4 Å². The number of amides is 2. The number of benzene rings is 2. The number of carbonyl (C=O) groups is 2. The van der Waals surface area contributed by atoms with E-state index in [-0.39, 0.29) is 18.8 Å². The van der Waals surface area contributed by atoms with E-state index in [4.69, 9.17) is 0 Å². The molecule has 0 saturated heterocycles. The van der Waals surface area contributed by atoms with E-state index in [1.807, 2.05) is 0 Å². The molecule has 9 heteroatoms. The van der Waals surface area contributed by atoms with Crippen LogP contribution in [0.2, 0.25) is 0 Å². The number of aryl methyl sites for hydroxylation is 1. The molecule has 0 aromatic heterocycles. The number of nitrogens with zero attached hydrogens (tertiary/aromatic N) is 1. The molecule has 0 saturated carbocycles. The van der Waals surface area contributed by atoms with Crippen molar-refractivity contribution in [2.45, 2.75) is 13.1 Å². The summed E-state index contributed by atoms with van der Waals surface area (Å²) in [5.74, 6) is -1.69. The average Bonchev–Trinajstić information content (AvgIpc) is 2.57. The zero-order chi connectivity index (χ0) is 20.9. The molecule has 0 atom stereocenters. The summed E-state index contributed by atoms with van der Waals surface area (Å²) in [6.45, 7) is 1.19. The fourth-order valence-electron chi connectivity index (χ4n) is 2.49. The Hall–Kier alpha value is -2.94. The van der Waals surface area contributed by atoms with Crippen LogP contribution in [0.1, 0.15) is 11.1 Å². The average molecular weight is 397 g/mol. The van der Waals surface area contributed by atoms with Gasteiger partial charge < -0.3 is 10.6 Å². The summed E-state index contributed by atoms with van der Waals surface area (Å²) < 4.78 is 52.1. The van der Waals surface area contributed by atoms with Crippen molar-refractivity contribution in [1.82, 2.24) is 4.90 Å². The number of alkyl halides is 3. The van der Waals surface area contributed by atoms with Gasteiger partial charge >= 0.3 is 6.18 Å². The van der Waals surface area contributed by atoms with Gasteiger partial charge in [0.2, 0.25) is 11.8 Å². The van der Waals surface area contributed by atoms with Crippen molar-refractivity contribution in [2.24, 2.45) is 0 Å². The van der Waals surface area contributed by atoms with E-state index in [1.54, 1.807) is 6.92 Å². The van der Waals surface area contributed by atoms with E-state index in [0.29, 0.717) is 11.3 Å². The zero-order valence-electron chi connectivity index (χ0n) is 15.2. The Kier molecular flexibility index (Phi) is 6.74. The second-order valence-electron chi connectivity index (χ2n) is 6.27. The first-order valence-corrected chi connectivity index (χ1v) is 8.27. The van der Waals surface area contributed by atoms with Crippen molar-refractivity contribution in [3.63, 3.8) is 0 Å². The Morgan fingerprint density at radius 1 is 0.964 bits per heavy atom. The van der Waals surface area contributed by atoms with Crippen LogP contribution in [0.15, 0.2) is 42.5 Å². The number of hydrogen-bond donors (Lipinski definition) is 2. The van der Waals surface area contributed by atoms with Gasteiger partial charge in [-0.1, -0.05) is 18.2 Å². The topological polar surface area (TPSA) is 61.4 Å². The Morgan fingerprint density at radius 3 is 2.14 bits per heavy atom. The van der Waals surface area contributed by atoms with Crippen LogP contribution in [0.3, 0.4) is 0 Å². The molecule has 0 aliphatic rings. The van der Waals surface area contributed by atoms with Gasteiger partial charge in [0.15, 0.2) is 0 Å². The molecule has 5 nitrogen and oxygen atoms in total. The zero-order valence-corrected chi connectivity index (χ0v) is 15.2. The molecule has 0 aliphatic carbocycles. The van der Waals surface area contributed by atoms with E-state index >= 15 is 0 Å².